The number of carbonyl (C=O) groups is 1. The van der Waals surface area contributed by atoms with Crippen LogP contribution in [-0.2, 0) is 17.9 Å². The highest BCUT2D eigenvalue weighted by atomic mass is 35.5. The fraction of sp³-hybridized carbons (Fsp3) is 0.524. The second-order valence-corrected chi connectivity index (χ2v) is 6.98. The molecule has 1 aliphatic rings. The second kappa shape index (κ2) is 11.7. The Hall–Kier alpha value is -2.25. The number of carbonyl (C=O) groups excluding carboxylic acids is 1. The first-order chi connectivity index (χ1) is 13.7. The molecule has 7 nitrogen and oxygen atoms in total. The summed E-state index contributed by atoms with van der Waals surface area (Å²) in [6, 6.07) is 7.70. The lowest BCUT2D eigenvalue weighted by Gasteiger charge is -2.26. The fourth-order valence-electron chi connectivity index (χ4n) is 3.26. The third-order valence-corrected chi connectivity index (χ3v) is 4.68. The maximum absolute atomic E-state index is 12.3. The third-order valence-electron chi connectivity index (χ3n) is 4.68. The molecule has 0 radical (unpaired) electrons. The molecule has 1 saturated heterocycles. The van der Waals surface area contributed by atoms with Crippen LogP contribution in [0.25, 0.3) is 0 Å². The highest BCUT2D eigenvalue weighted by Gasteiger charge is 2.17. The van der Waals surface area contributed by atoms with Crippen LogP contribution in [0.4, 0.5) is 0 Å². The molecule has 0 spiro atoms. The molecule has 0 saturated carbocycles. The maximum Gasteiger partial charge on any atom is 0.260 e. The van der Waals surface area contributed by atoms with E-state index in [9.17, 15) is 4.79 Å². The van der Waals surface area contributed by atoms with Gasteiger partial charge >= 0.3 is 0 Å². The molecule has 0 atom stereocenters. The van der Waals surface area contributed by atoms with Crippen LogP contribution >= 0.6 is 12.4 Å². The number of piperidine rings is 1. The van der Waals surface area contributed by atoms with Crippen LogP contribution in [0.3, 0.4) is 0 Å². The average molecular weight is 424 g/mol. The van der Waals surface area contributed by atoms with E-state index in [0.717, 1.165) is 42.9 Å². The van der Waals surface area contributed by atoms with Crippen LogP contribution in [0.15, 0.2) is 28.8 Å². The lowest BCUT2D eigenvalue weighted by molar-refractivity contribution is -0.134. The quantitative estimate of drug-likeness (QED) is 0.665. The van der Waals surface area contributed by atoms with Gasteiger partial charge < -0.3 is 24.2 Å². The van der Waals surface area contributed by atoms with E-state index in [1.54, 1.807) is 0 Å². The summed E-state index contributed by atoms with van der Waals surface area (Å²) in [6.45, 7) is 7.34. The summed E-state index contributed by atoms with van der Waals surface area (Å²) in [5.74, 6) is 2.10. The van der Waals surface area contributed by atoms with Gasteiger partial charge in [0, 0.05) is 32.2 Å². The Balaban J connectivity index is 0.00000300. The van der Waals surface area contributed by atoms with Crippen molar-refractivity contribution < 1.29 is 18.8 Å². The Morgan fingerprint density at radius 2 is 1.93 bits per heavy atom. The summed E-state index contributed by atoms with van der Waals surface area (Å²) in [5, 5.41) is 7.30. The number of amides is 1. The van der Waals surface area contributed by atoms with Crippen LogP contribution in [0, 0.1) is 6.92 Å². The number of nitrogens with one attached hydrogen (secondary N) is 1. The SMILES string of the molecule is CCOc1cc(CNCc2cc(C)on2)ccc1OCC(=O)N1CCCCC1.Cl. The van der Waals surface area contributed by atoms with Gasteiger partial charge in [-0.15, -0.1) is 12.4 Å². The first kappa shape index (κ1) is 23.0. The molecule has 1 aliphatic heterocycles. The Kier molecular flexibility index (Phi) is 9.28. The van der Waals surface area contributed by atoms with E-state index in [1.165, 1.54) is 6.42 Å². The van der Waals surface area contributed by atoms with E-state index in [4.69, 9.17) is 14.0 Å². The van der Waals surface area contributed by atoms with Crippen LogP contribution < -0.4 is 14.8 Å². The molecule has 2 aromatic rings. The van der Waals surface area contributed by atoms with Crippen molar-refractivity contribution in [3.63, 3.8) is 0 Å². The molecule has 8 heteroatoms. The summed E-state index contributed by atoms with van der Waals surface area (Å²) < 4.78 is 16.6. The molecular weight excluding hydrogens is 394 g/mol. The van der Waals surface area contributed by atoms with Gasteiger partial charge in [-0.2, -0.15) is 0 Å². The average Bonchev–Trinajstić information content (AvgIpc) is 3.13. The van der Waals surface area contributed by atoms with Crippen molar-refractivity contribution in [1.82, 2.24) is 15.4 Å². The second-order valence-electron chi connectivity index (χ2n) is 6.98. The smallest absolute Gasteiger partial charge is 0.260 e. The minimum Gasteiger partial charge on any atom is -0.490 e. The largest absolute Gasteiger partial charge is 0.490 e. The predicted octanol–water partition coefficient (Wildman–Crippen LogP) is 3.48. The number of aryl methyl sites for hydroxylation is 1. The molecule has 0 aliphatic carbocycles. The van der Waals surface area contributed by atoms with Crippen LogP contribution in [-0.4, -0.2) is 42.3 Å². The van der Waals surface area contributed by atoms with E-state index >= 15 is 0 Å². The van der Waals surface area contributed by atoms with Gasteiger partial charge in [0.2, 0.25) is 0 Å². The Bertz CT molecular complexity index is 775. The number of ether oxygens (including phenoxy) is 2. The maximum atomic E-state index is 12.3. The standard InChI is InChI=1S/C21H29N3O4.ClH/c1-3-26-20-12-17(13-22-14-18-11-16(2)28-23-18)7-8-19(20)27-15-21(25)24-9-5-4-6-10-24;/h7-8,11-12,22H,3-6,9-10,13-15H2,1-2H3;1H. The first-order valence-corrected chi connectivity index (χ1v) is 9.95. The molecule has 0 unspecified atom stereocenters. The van der Waals surface area contributed by atoms with Crippen molar-refractivity contribution in [2.75, 3.05) is 26.3 Å². The van der Waals surface area contributed by atoms with Crippen molar-refractivity contribution in [3.8, 4) is 11.5 Å². The van der Waals surface area contributed by atoms with E-state index < -0.39 is 0 Å². The van der Waals surface area contributed by atoms with Gasteiger partial charge in [-0.3, -0.25) is 4.79 Å². The third kappa shape index (κ3) is 6.94. The molecule has 29 heavy (non-hydrogen) atoms. The van der Waals surface area contributed by atoms with Crippen molar-refractivity contribution in [2.24, 2.45) is 0 Å². The first-order valence-electron chi connectivity index (χ1n) is 9.95. The van der Waals surface area contributed by atoms with Crippen molar-refractivity contribution in [1.29, 1.82) is 0 Å². The summed E-state index contributed by atoms with van der Waals surface area (Å²) >= 11 is 0. The van der Waals surface area contributed by atoms with Gasteiger partial charge in [0.05, 0.1) is 12.3 Å². The number of nitrogens with zero attached hydrogens (tertiary/aromatic N) is 2. The Labute approximate surface area is 178 Å². The number of rotatable bonds is 9. The number of likely N-dealkylation sites (tertiary alicyclic amines) is 1. The monoisotopic (exact) mass is 423 g/mol. The van der Waals surface area contributed by atoms with Crippen molar-refractivity contribution in [3.05, 3.63) is 41.3 Å². The number of benzene rings is 1. The molecule has 2 heterocycles. The highest BCUT2D eigenvalue weighted by Crippen LogP contribution is 2.28. The molecule has 1 amide bonds. The normalized spacial score (nSPS) is 13.7. The van der Waals surface area contributed by atoms with Crippen LogP contribution in [0.1, 0.15) is 43.2 Å². The zero-order valence-electron chi connectivity index (χ0n) is 17.1. The zero-order chi connectivity index (χ0) is 19.8. The van der Waals surface area contributed by atoms with E-state index in [2.05, 4.69) is 10.5 Å². The molecular formula is C21H30ClN3O4. The van der Waals surface area contributed by atoms with E-state index in [-0.39, 0.29) is 24.9 Å². The van der Waals surface area contributed by atoms with Gasteiger partial charge in [0.15, 0.2) is 18.1 Å². The van der Waals surface area contributed by atoms with Gasteiger partial charge in [-0.1, -0.05) is 11.2 Å². The molecule has 160 valence electrons. The summed E-state index contributed by atoms with van der Waals surface area (Å²) in [7, 11) is 0. The van der Waals surface area contributed by atoms with Gasteiger partial charge in [0.25, 0.3) is 5.91 Å². The molecule has 1 fully saturated rings. The van der Waals surface area contributed by atoms with Crippen molar-refractivity contribution >= 4 is 18.3 Å². The summed E-state index contributed by atoms with van der Waals surface area (Å²) in [5.41, 5.74) is 1.94. The number of hydrogen-bond donors (Lipinski definition) is 1. The lowest BCUT2D eigenvalue weighted by Crippen LogP contribution is -2.38. The van der Waals surface area contributed by atoms with Crippen LogP contribution in [0.2, 0.25) is 0 Å². The molecule has 1 aromatic heterocycles. The van der Waals surface area contributed by atoms with E-state index in [0.29, 0.717) is 31.2 Å². The number of aromatic nitrogens is 1. The van der Waals surface area contributed by atoms with Crippen LogP contribution in [0.5, 0.6) is 11.5 Å². The molecule has 1 N–H and O–H groups in total. The van der Waals surface area contributed by atoms with Gasteiger partial charge in [-0.05, 0) is 50.8 Å². The number of hydrogen-bond acceptors (Lipinski definition) is 6. The van der Waals surface area contributed by atoms with E-state index in [1.807, 2.05) is 43.0 Å². The molecule has 1 aromatic carbocycles. The Morgan fingerprint density at radius 3 is 2.62 bits per heavy atom. The van der Waals surface area contributed by atoms with Crippen molar-refractivity contribution in [2.45, 2.75) is 46.2 Å². The molecule has 0 bridgehead atoms. The topological polar surface area (TPSA) is 76.8 Å². The Morgan fingerprint density at radius 1 is 1.14 bits per heavy atom. The minimum atomic E-state index is 0. The fourth-order valence-corrected chi connectivity index (χ4v) is 3.26. The molecule has 3 rings (SSSR count). The summed E-state index contributed by atoms with van der Waals surface area (Å²) in [4.78, 5) is 14.2. The van der Waals surface area contributed by atoms with Gasteiger partial charge in [-0.25, -0.2) is 0 Å². The lowest BCUT2D eigenvalue weighted by atomic mass is 10.1. The summed E-state index contributed by atoms with van der Waals surface area (Å²) in [6.07, 6.45) is 3.35. The minimum absolute atomic E-state index is 0. The number of halogens is 1. The zero-order valence-corrected chi connectivity index (χ0v) is 17.9. The predicted molar refractivity (Wildman–Crippen MR) is 113 cm³/mol. The highest BCUT2D eigenvalue weighted by molar-refractivity contribution is 5.85. The van der Waals surface area contributed by atoms with Gasteiger partial charge in [0.1, 0.15) is 5.76 Å².